The number of rotatable bonds is 2. The summed E-state index contributed by atoms with van der Waals surface area (Å²) >= 11 is 0. The molecule has 0 amide bonds. The maximum Gasteiger partial charge on any atom is 0.161 e. The van der Waals surface area contributed by atoms with Gasteiger partial charge < -0.3 is 9.47 Å². The second kappa shape index (κ2) is 4.27. The summed E-state index contributed by atoms with van der Waals surface area (Å²) in [5.41, 5.74) is 1.21. The standard InChI is InChI=1S/C13H14O2/c1-3-4-10(2)11-5-6-12-13(9-11)15-8-7-14-12/h1,5-6,9-10H,4,7-8H2,2H3. The van der Waals surface area contributed by atoms with E-state index in [9.17, 15) is 0 Å². The van der Waals surface area contributed by atoms with Crippen molar-refractivity contribution in [1.82, 2.24) is 0 Å². The molecule has 2 heteroatoms. The lowest BCUT2D eigenvalue weighted by Crippen LogP contribution is -2.15. The zero-order valence-corrected chi connectivity index (χ0v) is 8.82. The predicted molar refractivity (Wildman–Crippen MR) is 59.3 cm³/mol. The molecule has 1 atom stereocenters. The number of fused-ring (bicyclic) bond motifs is 1. The van der Waals surface area contributed by atoms with E-state index in [2.05, 4.69) is 18.9 Å². The van der Waals surface area contributed by atoms with Gasteiger partial charge >= 0.3 is 0 Å². The van der Waals surface area contributed by atoms with Crippen LogP contribution in [0.2, 0.25) is 0 Å². The maximum absolute atomic E-state index is 5.52. The maximum atomic E-state index is 5.52. The molecule has 2 rings (SSSR count). The smallest absolute Gasteiger partial charge is 0.161 e. The normalized spacial score (nSPS) is 15.5. The summed E-state index contributed by atoms with van der Waals surface area (Å²) in [5, 5.41) is 0. The number of hydrogen-bond acceptors (Lipinski definition) is 2. The molecule has 15 heavy (non-hydrogen) atoms. The highest BCUT2D eigenvalue weighted by molar-refractivity contribution is 5.44. The molecule has 1 aliphatic heterocycles. The first kappa shape index (κ1) is 9.92. The van der Waals surface area contributed by atoms with Gasteiger partial charge in [0.25, 0.3) is 0 Å². The van der Waals surface area contributed by atoms with Crippen molar-refractivity contribution in [2.45, 2.75) is 19.3 Å². The van der Waals surface area contributed by atoms with Gasteiger partial charge in [-0.15, -0.1) is 12.3 Å². The Bertz CT molecular complexity index is 390. The minimum absolute atomic E-state index is 0.367. The average molecular weight is 202 g/mol. The molecule has 1 aromatic rings. The van der Waals surface area contributed by atoms with Crippen molar-refractivity contribution in [2.24, 2.45) is 0 Å². The van der Waals surface area contributed by atoms with Gasteiger partial charge in [0.15, 0.2) is 11.5 Å². The van der Waals surface area contributed by atoms with E-state index in [0.717, 1.165) is 17.9 Å². The van der Waals surface area contributed by atoms with Gasteiger partial charge in [-0.1, -0.05) is 13.0 Å². The Morgan fingerprint density at radius 3 is 2.80 bits per heavy atom. The van der Waals surface area contributed by atoms with Gasteiger partial charge in [-0.05, 0) is 23.6 Å². The molecule has 1 aliphatic rings. The lowest BCUT2D eigenvalue weighted by atomic mass is 9.98. The van der Waals surface area contributed by atoms with Crippen molar-refractivity contribution in [3.05, 3.63) is 23.8 Å². The summed E-state index contributed by atoms with van der Waals surface area (Å²) in [7, 11) is 0. The minimum Gasteiger partial charge on any atom is -0.486 e. The van der Waals surface area contributed by atoms with Gasteiger partial charge in [0.1, 0.15) is 13.2 Å². The highest BCUT2D eigenvalue weighted by Crippen LogP contribution is 2.33. The van der Waals surface area contributed by atoms with Crippen LogP contribution in [0.4, 0.5) is 0 Å². The Hall–Kier alpha value is -1.62. The topological polar surface area (TPSA) is 18.5 Å². The van der Waals surface area contributed by atoms with E-state index in [1.807, 2.05) is 12.1 Å². The lowest BCUT2D eigenvalue weighted by molar-refractivity contribution is 0.171. The van der Waals surface area contributed by atoms with E-state index in [-0.39, 0.29) is 0 Å². The largest absolute Gasteiger partial charge is 0.486 e. The molecule has 1 aromatic carbocycles. The fraction of sp³-hybridized carbons (Fsp3) is 0.385. The summed E-state index contributed by atoms with van der Waals surface area (Å²) in [6.45, 7) is 3.37. The minimum atomic E-state index is 0.367. The first-order valence-electron chi connectivity index (χ1n) is 5.14. The van der Waals surface area contributed by atoms with Crippen molar-refractivity contribution in [2.75, 3.05) is 13.2 Å². The summed E-state index contributed by atoms with van der Waals surface area (Å²) in [5.74, 6) is 4.71. The second-order valence-corrected chi connectivity index (χ2v) is 3.71. The van der Waals surface area contributed by atoms with E-state index in [4.69, 9.17) is 15.9 Å². The highest BCUT2D eigenvalue weighted by atomic mass is 16.6. The third kappa shape index (κ3) is 2.07. The van der Waals surface area contributed by atoms with Gasteiger partial charge in [-0.2, -0.15) is 0 Å². The van der Waals surface area contributed by atoms with Crippen LogP contribution in [0.25, 0.3) is 0 Å². The van der Waals surface area contributed by atoms with Gasteiger partial charge in [-0.25, -0.2) is 0 Å². The molecule has 1 heterocycles. The number of benzene rings is 1. The monoisotopic (exact) mass is 202 g/mol. The fourth-order valence-electron chi connectivity index (χ4n) is 1.66. The van der Waals surface area contributed by atoms with Crippen LogP contribution in [0, 0.1) is 12.3 Å². The lowest BCUT2D eigenvalue weighted by Gasteiger charge is -2.20. The summed E-state index contributed by atoms with van der Waals surface area (Å²) < 4.78 is 11.0. The number of terminal acetylenes is 1. The van der Waals surface area contributed by atoms with Crippen LogP contribution in [0.1, 0.15) is 24.8 Å². The molecule has 0 fully saturated rings. The number of hydrogen-bond donors (Lipinski definition) is 0. The van der Waals surface area contributed by atoms with Crippen LogP contribution in [-0.4, -0.2) is 13.2 Å². The molecule has 0 aliphatic carbocycles. The quantitative estimate of drug-likeness (QED) is 0.686. The van der Waals surface area contributed by atoms with Crippen molar-refractivity contribution in [3.63, 3.8) is 0 Å². The molecule has 0 saturated carbocycles. The number of ether oxygens (including phenoxy) is 2. The predicted octanol–water partition coefficient (Wildman–Crippen LogP) is 2.58. The molecule has 0 aromatic heterocycles. The summed E-state index contributed by atoms with van der Waals surface area (Å²) in [4.78, 5) is 0. The van der Waals surface area contributed by atoms with Crippen molar-refractivity contribution in [1.29, 1.82) is 0 Å². The zero-order chi connectivity index (χ0) is 10.7. The molecule has 0 bridgehead atoms. The van der Waals surface area contributed by atoms with Gasteiger partial charge in [-0.3, -0.25) is 0 Å². The van der Waals surface area contributed by atoms with E-state index in [0.29, 0.717) is 19.1 Å². The molecule has 0 radical (unpaired) electrons. The first-order chi connectivity index (χ1) is 7.31. The van der Waals surface area contributed by atoms with Crippen molar-refractivity contribution in [3.8, 4) is 23.8 Å². The van der Waals surface area contributed by atoms with Crippen LogP contribution in [0.5, 0.6) is 11.5 Å². The molecule has 0 spiro atoms. The van der Waals surface area contributed by atoms with Crippen LogP contribution in [-0.2, 0) is 0 Å². The third-order valence-corrected chi connectivity index (χ3v) is 2.56. The van der Waals surface area contributed by atoms with E-state index in [1.165, 1.54) is 5.56 Å². The van der Waals surface area contributed by atoms with Crippen LogP contribution >= 0.6 is 0 Å². The molecular formula is C13H14O2. The third-order valence-electron chi connectivity index (χ3n) is 2.56. The Morgan fingerprint density at radius 2 is 2.07 bits per heavy atom. The molecule has 1 unspecified atom stereocenters. The molecular weight excluding hydrogens is 188 g/mol. The summed E-state index contributed by atoms with van der Waals surface area (Å²) in [6, 6.07) is 6.03. The van der Waals surface area contributed by atoms with Crippen LogP contribution < -0.4 is 9.47 Å². The Balaban J connectivity index is 2.24. The Kier molecular flexibility index (Phi) is 2.82. The second-order valence-electron chi connectivity index (χ2n) is 3.71. The molecule has 0 N–H and O–H groups in total. The van der Waals surface area contributed by atoms with Gasteiger partial charge in [0.2, 0.25) is 0 Å². The van der Waals surface area contributed by atoms with E-state index in [1.54, 1.807) is 0 Å². The van der Waals surface area contributed by atoms with Gasteiger partial charge in [0.05, 0.1) is 0 Å². The van der Waals surface area contributed by atoms with Crippen molar-refractivity contribution < 1.29 is 9.47 Å². The van der Waals surface area contributed by atoms with E-state index < -0.39 is 0 Å². The molecule has 78 valence electrons. The average Bonchev–Trinajstić information content (AvgIpc) is 2.29. The van der Waals surface area contributed by atoms with Crippen LogP contribution in [0.15, 0.2) is 18.2 Å². The SMILES string of the molecule is C#CCC(C)c1ccc2c(c1)OCCO2. The van der Waals surface area contributed by atoms with Gasteiger partial charge in [0, 0.05) is 6.42 Å². The molecule has 2 nitrogen and oxygen atoms in total. The Morgan fingerprint density at radius 1 is 1.33 bits per heavy atom. The first-order valence-corrected chi connectivity index (χ1v) is 5.14. The summed E-state index contributed by atoms with van der Waals surface area (Å²) in [6.07, 6.45) is 6.05. The fourth-order valence-corrected chi connectivity index (χ4v) is 1.66. The molecule has 0 saturated heterocycles. The Labute approximate surface area is 90.2 Å². The van der Waals surface area contributed by atoms with E-state index >= 15 is 0 Å². The van der Waals surface area contributed by atoms with Crippen LogP contribution in [0.3, 0.4) is 0 Å². The highest BCUT2D eigenvalue weighted by Gasteiger charge is 2.13. The zero-order valence-electron chi connectivity index (χ0n) is 8.82. The van der Waals surface area contributed by atoms with Crippen molar-refractivity contribution >= 4 is 0 Å².